The maximum atomic E-state index is 13.4. The van der Waals surface area contributed by atoms with Gasteiger partial charge >= 0.3 is 0 Å². The molecule has 2 nitrogen and oxygen atoms in total. The van der Waals surface area contributed by atoms with E-state index >= 15 is 0 Å². The molecule has 0 fully saturated rings. The van der Waals surface area contributed by atoms with Crippen LogP contribution in [0.25, 0.3) is 10.9 Å². The van der Waals surface area contributed by atoms with E-state index in [1.165, 1.54) is 12.1 Å². The van der Waals surface area contributed by atoms with Gasteiger partial charge in [0.05, 0.1) is 10.5 Å². The van der Waals surface area contributed by atoms with E-state index in [0.717, 1.165) is 16.8 Å². The summed E-state index contributed by atoms with van der Waals surface area (Å²) in [5.41, 5.74) is 1.59. The van der Waals surface area contributed by atoms with Gasteiger partial charge in [0, 0.05) is 18.0 Å². The van der Waals surface area contributed by atoms with Gasteiger partial charge in [0.15, 0.2) is 0 Å². The summed E-state index contributed by atoms with van der Waals surface area (Å²) in [5.74, 6) is 0.440. The van der Waals surface area contributed by atoms with Crippen molar-refractivity contribution < 1.29 is 4.39 Å². The van der Waals surface area contributed by atoms with Gasteiger partial charge in [-0.25, -0.2) is 9.37 Å². The molecule has 4 heteroatoms. The number of aromatic nitrogens is 1. The molecule has 96 valence electrons. The fraction of sp³-hybridized carbons (Fsp3) is 0.357. The number of rotatable bonds is 1. The zero-order valence-electron chi connectivity index (χ0n) is 10.9. The second-order valence-corrected chi connectivity index (χ2v) is 5.75. The van der Waals surface area contributed by atoms with Gasteiger partial charge in [-0.2, -0.15) is 0 Å². The van der Waals surface area contributed by atoms with Crippen molar-refractivity contribution in [2.45, 2.75) is 26.2 Å². The molecule has 0 unspecified atom stereocenters. The van der Waals surface area contributed by atoms with Crippen molar-refractivity contribution in [3.05, 3.63) is 34.6 Å². The summed E-state index contributed by atoms with van der Waals surface area (Å²) >= 11 is 6.03. The molecule has 1 aromatic carbocycles. The average molecular weight is 267 g/mol. The summed E-state index contributed by atoms with van der Waals surface area (Å²) in [6.07, 6.45) is 0. The van der Waals surface area contributed by atoms with Crippen LogP contribution in [0.15, 0.2) is 18.2 Å². The normalized spacial score (nSPS) is 11.9. The Morgan fingerprint density at radius 1 is 1.22 bits per heavy atom. The van der Waals surface area contributed by atoms with Gasteiger partial charge in [-0.15, -0.1) is 0 Å². The first-order valence-corrected chi connectivity index (χ1v) is 6.19. The van der Waals surface area contributed by atoms with Crippen molar-refractivity contribution in [3.8, 4) is 0 Å². The highest BCUT2D eigenvalue weighted by atomic mass is 35.5. The third kappa shape index (κ3) is 2.27. The zero-order chi connectivity index (χ0) is 13.5. The fourth-order valence-electron chi connectivity index (χ4n) is 1.97. The molecule has 1 N–H and O–H groups in total. The molecular weight excluding hydrogens is 251 g/mol. The lowest BCUT2D eigenvalue weighted by Crippen LogP contribution is -2.15. The van der Waals surface area contributed by atoms with Crippen LogP contribution < -0.4 is 5.32 Å². The quantitative estimate of drug-likeness (QED) is 0.829. The smallest absolute Gasteiger partial charge is 0.130 e. The number of hydrogen-bond donors (Lipinski definition) is 1. The topological polar surface area (TPSA) is 24.9 Å². The summed E-state index contributed by atoms with van der Waals surface area (Å²) in [4.78, 5) is 4.49. The number of halogens is 2. The van der Waals surface area contributed by atoms with E-state index in [4.69, 9.17) is 11.6 Å². The van der Waals surface area contributed by atoms with Crippen molar-refractivity contribution in [2.24, 2.45) is 0 Å². The van der Waals surface area contributed by atoms with Crippen molar-refractivity contribution in [3.63, 3.8) is 0 Å². The third-order valence-corrected chi connectivity index (χ3v) is 3.17. The van der Waals surface area contributed by atoms with Crippen LogP contribution in [-0.4, -0.2) is 12.0 Å². The molecule has 0 bridgehead atoms. The molecule has 18 heavy (non-hydrogen) atoms. The van der Waals surface area contributed by atoms with Crippen molar-refractivity contribution in [1.29, 1.82) is 0 Å². The fourth-order valence-corrected chi connectivity index (χ4v) is 2.23. The van der Waals surface area contributed by atoms with Crippen molar-refractivity contribution in [2.75, 3.05) is 12.4 Å². The predicted molar refractivity (Wildman–Crippen MR) is 75.0 cm³/mol. The Morgan fingerprint density at radius 3 is 2.44 bits per heavy atom. The molecule has 1 heterocycles. The van der Waals surface area contributed by atoms with Crippen LogP contribution in [0, 0.1) is 5.82 Å². The number of hydrogen-bond acceptors (Lipinski definition) is 2. The van der Waals surface area contributed by atoms with E-state index in [9.17, 15) is 4.39 Å². The van der Waals surface area contributed by atoms with Gasteiger partial charge in [0.25, 0.3) is 0 Å². The first-order valence-electron chi connectivity index (χ1n) is 5.81. The van der Waals surface area contributed by atoms with Gasteiger partial charge < -0.3 is 5.32 Å². The lowest BCUT2D eigenvalue weighted by molar-refractivity contribution is 0.590. The minimum absolute atomic E-state index is 0.0711. The van der Waals surface area contributed by atoms with Crippen LogP contribution in [0.4, 0.5) is 10.2 Å². The van der Waals surface area contributed by atoms with Crippen LogP contribution in [0.3, 0.4) is 0 Å². The van der Waals surface area contributed by atoms with Crippen LogP contribution in [0.1, 0.15) is 26.3 Å². The van der Waals surface area contributed by atoms with E-state index in [0.29, 0.717) is 10.5 Å². The van der Waals surface area contributed by atoms with E-state index < -0.39 is 0 Å². The van der Waals surface area contributed by atoms with Gasteiger partial charge in [-0.3, -0.25) is 0 Å². The average Bonchev–Trinajstić information content (AvgIpc) is 2.26. The van der Waals surface area contributed by atoms with Crippen molar-refractivity contribution in [1.82, 2.24) is 4.98 Å². The predicted octanol–water partition coefficient (Wildman–Crippen LogP) is 4.37. The molecular formula is C14H16ClFN2. The Hall–Kier alpha value is -1.35. The molecule has 1 aromatic heterocycles. The van der Waals surface area contributed by atoms with Gasteiger partial charge in [-0.1, -0.05) is 32.4 Å². The van der Waals surface area contributed by atoms with Gasteiger partial charge in [-0.05, 0) is 23.6 Å². The minimum Gasteiger partial charge on any atom is -0.373 e. The summed E-state index contributed by atoms with van der Waals surface area (Å²) < 4.78 is 13.4. The zero-order valence-corrected chi connectivity index (χ0v) is 11.7. The third-order valence-electron chi connectivity index (χ3n) is 2.88. The number of pyridine rings is 1. The van der Waals surface area contributed by atoms with Crippen LogP contribution in [0.2, 0.25) is 5.02 Å². The Morgan fingerprint density at radius 2 is 1.89 bits per heavy atom. The molecule has 0 amide bonds. The highest BCUT2D eigenvalue weighted by Gasteiger charge is 2.20. The first-order chi connectivity index (χ1) is 8.32. The van der Waals surface area contributed by atoms with Crippen LogP contribution >= 0.6 is 11.6 Å². The van der Waals surface area contributed by atoms with Crippen LogP contribution in [-0.2, 0) is 5.41 Å². The number of nitrogens with zero attached hydrogens (tertiary/aromatic N) is 1. The summed E-state index contributed by atoms with van der Waals surface area (Å²) in [7, 11) is 1.82. The van der Waals surface area contributed by atoms with Gasteiger partial charge in [0.1, 0.15) is 11.6 Å². The molecule has 0 aliphatic heterocycles. The molecule has 2 rings (SSSR count). The second-order valence-electron chi connectivity index (χ2n) is 5.34. The highest BCUT2D eigenvalue weighted by Crippen LogP contribution is 2.33. The van der Waals surface area contributed by atoms with Gasteiger partial charge in [0.2, 0.25) is 0 Å². The SMILES string of the molecule is CNc1nc2c(Cl)cc(F)cc2cc1C(C)(C)C. The number of fused-ring (bicyclic) bond motifs is 1. The lowest BCUT2D eigenvalue weighted by Gasteiger charge is -2.22. The van der Waals surface area contributed by atoms with E-state index in [-0.39, 0.29) is 11.2 Å². The Bertz CT molecular complexity index is 603. The molecule has 0 aliphatic rings. The summed E-state index contributed by atoms with van der Waals surface area (Å²) in [6, 6.07) is 4.69. The number of anilines is 1. The molecule has 0 atom stereocenters. The Kier molecular flexibility index (Phi) is 3.20. The minimum atomic E-state index is -0.341. The Balaban J connectivity index is 2.81. The largest absolute Gasteiger partial charge is 0.373 e. The first kappa shape index (κ1) is 13.1. The molecule has 0 saturated heterocycles. The standard InChI is InChI=1S/C14H16ClFN2/c1-14(2,3)10-6-8-5-9(16)7-11(15)12(8)18-13(10)17-4/h5-7H,1-4H3,(H,17,18). The lowest BCUT2D eigenvalue weighted by atomic mass is 9.86. The highest BCUT2D eigenvalue weighted by molar-refractivity contribution is 6.35. The van der Waals surface area contributed by atoms with E-state index in [1.807, 2.05) is 13.1 Å². The maximum Gasteiger partial charge on any atom is 0.130 e. The molecule has 0 spiro atoms. The molecule has 2 aromatic rings. The van der Waals surface area contributed by atoms with E-state index in [1.54, 1.807) is 0 Å². The van der Waals surface area contributed by atoms with Crippen LogP contribution in [0.5, 0.6) is 0 Å². The maximum absolute atomic E-state index is 13.4. The second kappa shape index (κ2) is 4.39. The monoisotopic (exact) mass is 266 g/mol. The van der Waals surface area contributed by atoms with E-state index in [2.05, 4.69) is 31.1 Å². The Labute approximate surface area is 111 Å². The summed E-state index contributed by atoms with van der Waals surface area (Å²) in [5, 5.41) is 4.13. The molecule has 0 aliphatic carbocycles. The number of benzene rings is 1. The van der Waals surface area contributed by atoms with Crippen molar-refractivity contribution >= 4 is 28.3 Å². The molecule has 0 radical (unpaired) electrons. The number of nitrogens with one attached hydrogen (secondary N) is 1. The summed E-state index contributed by atoms with van der Waals surface area (Å²) in [6.45, 7) is 6.28. The molecule has 0 saturated carbocycles.